The van der Waals surface area contributed by atoms with Crippen LogP contribution in [0.5, 0.6) is 0 Å². The average Bonchev–Trinajstić information content (AvgIpc) is 2.50. The number of nitrogens with one attached hydrogen (secondary N) is 1. The fourth-order valence-corrected chi connectivity index (χ4v) is 4.54. The van der Waals surface area contributed by atoms with Gasteiger partial charge in [-0.15, -0.1) is 0 Å². The quantitative estimate of drug-likeness (QED) is 0.677. The molecule has 0 unspecified atom stereocenters. The molecular weight excluding hydrogens is 395 g/mol. The Hall–Kier alpha value is -0.980. The van der Waals surface area contributed by atoms with Gasteiger partial charge in [-0.3, -0.25) is 9.10 Å². The number of halogens is 2. The van der Waals surface area contributed by atoms with Crippen molar-refractivity contribution in [2.75, 3.05) is 10.6 Å². The highest BCUT2D eigenvalue weighted by atomic mass is 35.5. The van der Waals surface area contributed by atoms with Gasteiger partial charge in [0.2, 0.25) is 15.9 Å². The van der Waals surface area contributed by atoms with Gasteiger partial charge in [-0.25, -0.2) is 8.42 Å². The van der Waals surface area contributed by atoms with Crippen LogP contribution in [-0.4, -0.2) is 32.7 Å². The molecule has 1 aromatic rings. The van der Waals surface area contributed by atoms with E-state index in [0.29, 0.717) is 17.1 Å². The fourth-order valence-electron chi connectivity index (χ4n) is 3.05. The number of benzene rings is 1. The minimum absolute atomic E-state index is 0.0493. The molecule has 0 aliphatic carbocycles. The Labute approximate surface area is 167 Å². The first-order valence-electron chi connectivity index (χ1n) is 8.64. The van der Waals surface area contributed by atoms with Crippen LogP contribution < -0.4 is 9.62 Å². The Morgan fingerprint density at radius 2 is 1.65 bits per heavy atom. The Morgan fingerprint density at radius 3 is 2.04 bits per heavy atom. The molecule has 0 heterocycles. The zero-order valence-corrected chi connectivity index (χ0v) is 18.4. The van der Waals surface area contributed by atoms with Crippen molar-refractivity contribution in [3.05, 3.63) is 28.2 Å². The molecule has 0 aromatic heterocycles. The molecule has 0 fully saturated rings. The maximum atomic E-state index is 12.9. The maximum absolute atomic E-state index is 12.9. The van der Waals surface area contributed by atoms with E-state index in [1.165, 1.54) is 12.1 Å². The molecule has 1 rings (SSSR count). The van der Waals surface area contributed by atoms with Crippen LogP contribution in [0, 0.1) is 11.8 Å². The van der Waals surface area contributed by atoms with E-state index in [9.17, 15) is 13.2 Å². The number of anilines is 1. The number of rotatable bonds is 8. The normalized spacial score (nSPS) is 13.3. The minimum Gasteiger partial charge on any atom is -0.351 e. The lowest BCUT2D eigenvalue weighted by molar-refractivity contribution is -0.123. The molecule has 148 valence electrons. The predicted octanol–water partition coefficient (Wildman–Crippen LogP) is 4.33. The number of amides is 1. The summed E-state index contributed by atoms with van der Waals surface area (Å²) in [6.45, 7) is 9.89. The third-order valence-electron chi connectivity index (χ3n) is 4.23. The van der Waals surface area contributed by atoms with E-state index < -0.39 is 16.1 Å². The molecule has 0 saturated heterocycles. The van der Waals surface area contributed by atoms with Gasteiger partial charge in [-0.2, -0.15) is 0 Å². The van der Waals surface area contributed by atoms with Crippen LogP contribution in [0.4, 0.5) is 5.69 Å². The lowest BCUT2D eigenvalue weighted by Gasteiger charge is -2.33. The van der Waals surface area contributed by atoms with Crippen LogP contribution in [0.25, 0.3) is 0 Å². The SMILES string of the molecule is CC[C@@H](C(=O)NC(C(C)C)C(C)C)N(c1ccc(Cl)c(Cl)c1)S(C)(=O)=O. The van der Waals surface area contributed by atoms with Gasteiger partial charge in [-0.05, 0) is 36.5 Å². The third-order valence-corrected chi connectivity index (χ3v) is 6.15. The number of carbonyl (C=O) groups is 1. The van der Waals surface area contributed by atoms with Crippen molar-refractivity contribution in [2.24, 2.45) is 11.8 Å². The molecule has 1 N–H and O–H groups in total. The predicted molar refractivity (Wildman–Crippen MR) is 109 cm³/mol. The van der Waals surface area contributed by atoms with Crippen LogP contribution in [0.15, 0.2) is 18.2 Å². The van der Waals surface area contributed by atoms with Crippen LogP contribution in [0.3, 0.4) is 0 Å². The summed E-state index contributed by atoms with van der Waals surface area (Å²) >= 11 is 12.0. The van der Waals surface area contributed by atoms with E-state index in [0.717, 1.165) is 10.6 Å². The molecule has 0 bridgehead atoms. The van der Waals surface area contributed by atoms with Gasteiger partial charge in [0.15, 0.2) is 0 Å². The standard InChI is InChI=1S/C18H28Cl2N2O3S/c1-7-16(18(23)21-17(11(2)3)12(4)5)22(26(6,24)25)13-8-9-14(19)15(20)10-13/h8-12,16-17H,7H2,1-6H3,(H,21,23)/t16-/m0/s1. The molecule has 1 amide bonds. The average molecular weight is 423 g/mol. The van der Waals surface area contributed by atoms with Crippen LogP contribution in [0.1, 0.15) is 41.0 Å². The number of hydrogen-bond donors (Lipinski definition) is 1. The number of hydrogen-bond acceptors (Lipinski definition) is 3. The highest BCUT2D eigenvalue weighted by molar-refractivity contribution is 7.92. The van der Waals surface area contributed by atoms with Crippen LogP contribution in [-0.2, 0) is 14.8 Å². The van der Waals surface area contributed by atoms with Crippen LogP contribution >= 0.6 is 23.2 Å². The van der Waals surface area contributed by atoms with Gasteiger partial charge in [0.05, 0.1) is 22.0 Å². The summed E-state index contributed by atoms with van der Waals surface area (Å²) in [6.07, 6.45) is 1.40. The van der Waals surface area contributed by atoms with Gasteiger partial charge in [-0.1, -0.05) is 57.8 Å². The van der Waals surface area contributed by atoms with Crippen molar-refractivity contribution < 1.29 is 13.2 Å². The molecule has 0 radical (unpaired) electrons. The first kappa shape index (κ1) is 23.1. The third kappa shape index (κ3) is 5.76. The van der Waals surface area contributed by atoms with E-state index >= 15 is 0 Å². The second kappa shape index (κ2) is 9.29. The van der Waals surface area contributed by atoms with Crippen molar-refractivity contribution in [3.8, 4) is 0 Å². The summed E-state index contributed by atoms with van der Waals surface area (Å²) in [7, 11) is -3.71. The van der Waals surface area contributed by atoms with Gasteiger partial charge in [0.25, 0.3) is 0 Å². The molecule has 8 heteroatoms. The maximum Gasteiger partial charge on any atom is 0.244 e. The Kier molecular flexibility index (Phi) is 8.24. The van der Waals surface area contributed by atoms with Crippen molar-refractivity contribution in [3.63, 3.8) is 0 Å². The van der Waals surface area contributed by atoms with Gasteiger partial charge in [0.1, 0.15) is 6.04 Å². The molecule has 0 saturated carbocycles. The van der Waals surface area contributed by atoms with E-state index in [1.54, 1.807) is 13.0 Å². The second-order valence-electron chi connectivity index (χ2n) is 7.10. The van der Waals surface area contributed by atoms with Gasteiger partial charge >= 0.3 is 0 Å². The molecule has 0 aliphatic rings. The fraction of sp³-hybridized carbons (Fsp3) is 0.611. The largest absolute Gasteiger partial charge is 0.351 e. The molecule has 0 aliphatic heterocycles. The van der Waals surface area contributed by atoms with E-state index in [2.05, 4.69) is 5.32 Å². The summed E-state index contributed by atoms with van der Waals surface area (Å²) in [4.78, 5) is 12.9. The summed E-state index contributed by atoms with van der Waals surface area (Å²) in [5.41, 5.74) is 0.314. The van der Waals surface area contributed by atoms with Crippen molar-refractivity contribution in [1.29, 1.82) is 0 Å². The Morgan fingerprint density at radius 1 is 1.12 bits per heavy atom. The zero-order chi connectivity index (χ0) is 20.2. The Balaban J connectivity index is 3.30. The van der Waals surface area contributed by atoms with Crippen LogP contribution in [0.2, 0.25) is 10.0 Å². The summed E-state index contributed by atoms with van der Waals surface area (Å²) in [5.74, 6) is 0.137. The number of nitrogens with zero attached hydrogens (tertiary/aromatic N) is 1. The first-order valence-corrected chi connectivity index (χ1v) is 11.2. The smallest absolute Gasteiger partial charge is 0.244 e. The molecule has 26 heavy (non-hydrogen) atoms. The number of carbonyl (C=O) groups excluding carboxylic acids is 1. The van der Waals surface area contributed by atoms with Crippen molar-refractivity contribution in [2.45, 2.75) is 53.1 Å². The van der Waals surface area contributed by atoms with E-state index in [1.807, 2.05) is 27.7 Å². The number of sulfonamides is 1. The van der Waals surface area contributed by atoms with Gasteiger partial charge < -0.3 is 5.32 Å². The summed E-state index contributed by atoms with van der Waals surface area (Å²) < 4.78 is 26.0. The second-order valence-corrected chi connectivity index (χ2v) is 9.78. The highest BCUT2D eigenvalue weighted by Gasteiger charge is 2.33. The monoisotopic (exact) mass is 422 g/mol. The lowest BCUT2D eigenvalue weighted by atomic mass is 9.93. The molecular formula is C18H28Cl2N2O3S. The van der Waals surface area contributed by atoms with E-state index in [-0.39, 0.29) is 28.8 Å². The molecule has 1 atom stereocenters. The summed E-state index contributed by atoms with van der Waals surface area (Å²) in [6, 6.07) is 3.61. The topological polar surface area (TPSA) is 66.5 Å². The summed E-state index contributed by atoms with van der Waals surface area (Å²) in [5, 5.41) is 3.56. The molecule has 5 nitrogen and oxygen atoms in total. The van der Waals surface area contributed by atoms with E-state index in [4.69, 9.17) is 23.2 Å². The van der Waals surface area contributed by atoms with Crippen molar-refractivity contribution >= 4 is 44.8 Å². The van der Waals surface area contributed by atoms with Gasteiger partial charge in [0, 0.05) is 6.04 Å². The highest BCUT2D eigenvalue weighted by Crippen LogP contribution is 2.30. The first-order chi connectivity index (χ1) is 11.9. The zero-order valence-electron chi connectivity index (χ0n) is 16.1. The molecule has 0 spiro atoms. The Bertz CT molecular complexity index is 728. The lowest BCUT2D eigenvalue weighted by Crippen LogP contribution is -2.53. The minimum atomic E-state index is -3.71. The molecule has 1 aromatic carbocycles. The van der Waals surface area contributed by atoms with Crippen molar-refractivity contribution in [1.82, 2.24) is 5.32 Å².